The fourth-order valence-corrected chi connectivity index (χ4v) is 2.38. The summed E-state index contributed by atoms with van der Waals surface area (Å²) in [5.41, 5.74) is -0.314. The Labute approximate surface area is 111 Å². The average molecular weight is 271 g/mol. The summed E-state index contributed by atoms with van der Waals surface area (Å²) in [6.07, 6.45) is -0.872. The molecule has 3 atom stereocenters. The molecule has 0 amide bonds. The fourth-order valence-electron chi connectivity index (χ4n) is 2.38. The number of hydrogen-bond donors (Lipinski definition) is 3. The number of halogens is 2. The maximum absolute atomic E-state index is 13.5. The largest absolute Gasteiger partial charge is 0.392 e. The molecule has 0 heterocycles. The molecule has 3 N–H and O–H groups in total. The van der Waals surface area contributed by atoms with Gasteiger partial charge in [0.05, 0.1) is 12.2 Å². The first kappa shape index (κ1) is 14.4. The smallest absolute Gasteiger partial charge is 0.129 e. The lowest BCUT2D eigenvalue weighted by molar-refractivity contribution is -0.0749. The molecule has 0 saturated heterocycles. The molecular weight excluding hydrogens is 252 g/mol. The number of benzene rings is 1. The third-order valence-corrected chi connectivity index (χ3v) is 4.09. The highest BCUT2D eigenvalue weighted by Crippen LogP contribution is 2.40. The molecule has 3 unspecified atom stereocenters. The Morgan fingerprint density at radius 3 is 2.68 bits per heavy atom. The SMILES string of the molecule is CC1(C)C(O)CC1NCC(O)c1cc(F)ccc1F. The second-order valence-corrected chi connectivity index (χ2v) is 5.72. The van der Waals surface area contributed by atoms with Crippen LogP contribution in [-0.2, 0) is 0 Å². The summed E-state index contributed by atoms with van der Waals surface area (Å²) in [4.78, 5) is 0. The Balaban J connectivity index is 1.95. The molecule has 1 aromatic carbocycles. The topological polar surface area (TPSA) is 52.5 Å². The molecule has 0 spiro atoms. The minimum absolute atomic E-state index is 0.0508. The molecule has 1 aliphatic rings. The fraction of sp³-hybridized carbons (Fsp3) is 0.571. The van der Waals surface area contributed by atoms with E-state index in [1.54, 1.807) is 0 Å². The minimum Gasteiger partial charge on any atom is -0.392 e. The molecular formula is C14H19F2NO2. The number of nitrogens with one attached hydrogen (secondary N) is 1. The van der Waals surface area contributed by atoms with Crippen LogP contribution >= 0.6 is 0 Å². The standard InChI is InChI=1S/C14H19F2NO2/c1-14(2)12(6-13(14)19)17-7-11(18)9-5-8(15)3-4-10(9)16/h3-5,11-13,17-19H,6-7H2,1-2H3. The van der Waals surface area contributed by atoms with Crippen LogP contribution in [0.2, 0.25) is 0 Å². The molecule has 0 bridgehead atoms. The highest BCUT2D eigenvalue weighted by Gasteiger charge is 2.46. The van der Waals surface area contributed by atoms with E-state index in [9.17, 15) is 19.0 Å². The highest BCUT2D eigenvalue weighted by molar-refractivity contribution is 5.21. The third kappa shape index (κ3) is 2.78. The molecule has 0 radical (unpaired) electrons. The zero-order valence-corrected chi connectivity index (χ0v) is 11.0. The van der Waals surface area contributed by atoms with Gasteiger partial charge >= 0.3 is 0 Å². The van der Waals surface area contributed by atoms with Gasteiger partial charge in [0.1, 0.15) is 11.6 Å². The van der Waals surface area contributed by atoms with Crippen LogP contribution in [-0.4, -0.2) is 28.9 Å². The Kier molecular flexibility index (Phi) is 3.90. The van der Waals surface area contributed by atoms with Crippen molar-refractivity contribution in [2.75, 3.05) is 6.54 Å². The molecule has 0 aromatic heterocycles. The van der Waals surface area contributed by atoms with E-state index in [0.717, 1.165) is 18.2 Å². The van der Waals surface area contributed by atoms with Crippen molar-refractivity contribution in [3.63, 3.8) is 0 Å². The first-order valence-corrected chi connectivity index (χ1v) is 6.37. The van der Waals surface area contributed by atoms with Crippen molar-refractivity contribution in [2.45, 2.75) is 38.5 Å². The van der Waals surface area contributed by atoms with Crippen molar-refractivity contribution in [1.29, 1.82) is 0 Å². The van der Waals surface area contributed by atoms with Gasteiger partial charge in [-0.15, -0.1) is 0 Å². The van der Waals surface area contributed by atoms with Crippen LogP contribution in [0.25, 0.3) is 0 Å². The van der Waals surface area contributed by atoms with Gasteiger partial charge in [-0.05, 0) is 24.6 Å². The van der Waals surface area contributed by atoms with Gasteiger partial charge in [-0.2, -0.15) is 0 Å². The first-order chi connectivity index (χ1) is 8.82. The van der Waals surface area contributed by atoms with E-state index >= 15 is 0 Å². The lowest BCUT2D eigenvalue weighted by Gasteiger charge is -2.50. The zero-order chi connectivity index (χ0) is 14.2. The van der Waals surface area contributed by atoms with Crippen molar-refractivity contribution < 1.29 is 19.0 Å². The van der Waals surface area contributed by atoms with E-state index in [1.807, 2.05) is 13.8 Å². The summed E-state index contributed by atoms with van der Waals surface area (Å²) in [5.74, 6) is -1.20. The average Bonchev–Trinajstić information content (AvgIpc) is 2.36. The quantitative estimate of drug-likeness (QED) is 0.782. The van der Waals surface area contributed by atoms with E-state index in [1.165, 1.54) is 0 Å². The van der Waals surface area contributed by atoms with Gasteiger partial charge < -0.3 is 15.5 Å². The Bertz CT molecular complexity index is 465. The highest BCUT2D eigenvalue weighted by atomic mass is 19.1. The first-order valence-electron chi connectivity index (χ1n) is 6.37. The van der Waals surface area contributed by atoms with Crippen molar-refractivity contribution in [1.82, 2.24) is 5.32 Å². The van der Waals surface area contributed by atoms with E-state index in [-0.39, 0.29) is 29.7 Å². The summed E-state index contributed by atoms with van der Waals surface area (Å²) in [6, 6.07) is 3.09. The third-order valence-electron chi connectivity index (χ3n) is 4.09. The van der Waals surface area contributed by atoms with Crippen LogP contribution in [0.15, 0.2) is 18.2 Å². The normalized spacial score (nSPS) is 26.8. The molecule has 0 aliphatic heterocycles. The monoisotopic (exact) mass is 271 g/mol. The van der Waals surface area contributed by atoms with Crippen LogP contribution in [0.5, 0.6) is 0 Å². The summed E-state index contributed by atoms with van der Waals surface area (Å²) in [5, 5.41) is 22.6. The number of aliphatic hydroxyl groups excluding tert-OH is 2. The van der Waals surface area contributed by atoms with Gasteiger partial charge in [-0.1, -0.05) is 13.8 Å². The Morgan fingerprint density at radius 2 is 2.11 bits per heavy atom. The van der Waals surface area contributed by atoms with Crippen LogP contribution in [0.3, 0.4) is 0 Å². The lowest BCUT2D eigenvalue weighted by atomic mass is 9.64. The number of aliphatic hydroxyl groups is 2. The van der Waals surface area contributed by atoms with Gasteiger partial charge in [0.15, 0.2) is 0 Å². The zero-order valence-electron chi connectivity index (χ0n) is 11.0. The van der Waals surface area contributed by atoms with Gasteiger partial charge in [0.2, 0.25) is 0 Å². The van der Waals surface area contributed by atoms with Crippen LogP contribution < -0.4 is 5.32 Å². The Hall–Kier alpha value is -1.04. The second kappa shape index (κ2) is 5.15. The van der Waals surface area contributed by atoms with Gasteiger partial charge in [-0.3, -0.25) is 0 Å². The second-order valence-electron chi connectivity index (χ2n) is 5.72. The molecule has 106 valence electrons. The number of hydrogen-bond acceptors (Lipinski definition) is 3. The van der Waals surface area contributed by atoms with Crippen LogP contribution in [0.1, 0.15) is 31.9 Å². The van der Waals surface area contributed by atoms with E-state index in [4.69, 9.17) is 0 Å². The van der Waals surface area contributed by atoms with Crippen molar-refractivity contribution >= 4 is 0 Å². The van der Waals surface area contributed by atoms with Gasteiger partial charge in [0.25, 0.3) is 0 Å². The summed E-state index contributed by atoms with van der Waals surface area (Å²) >= 11 is 0. The Morgan fingerprint density at radius 1 is 1.42 bits per heavy atom. The number of rotatable bonds is 4. The molecule has 19 heavy (non-hydrogen) atoms. The lowest BCUT2D eigenvalue weighted by Crippen LogP contribution is -2.60. The summed E-state index contributed by atoms with van der Waals surface area (Å²) < 4.78 is 26.5. The molecule has 5 heteroatoms. The molecule has 1 fully saturated rings. The molecule has 2 rings (SSSR count). The van der Waals surface area contributed by atoms with Crippen LogP contribution in [0.4, 0.5) is 8.78 Å². The van der Waals surface area contributed by atoms with Crippen molar-refractivity contribution in [3.8, 4) is 0 Å². The molecule has 1 aromatic rings. The summed E-state index contributed by atoms with van der Waals surface area (Å²) in [7, 11) is 0. The predicted molar refractivity (Wildman–Crippen MR) is 67.5 cm³/mol. The van der Waals surface area contributed by atoms with Crippen molar-refractivity contribution in [3.05, 3.63) is 35.4 Å². The van der Waals surface area contributed by atoms with Gasteiger partial charge in [-0.25, -0.2) is 8.78 Å². The maximum atomic E-state index is 13.5. The summed E-state index contributed by atoms with van der Waals surface area (Å²) in [6.45, 7) is 3.98. The van der Waals surface area contributed by atoms with E-state index < -0.39 is 17.7 Å². The van der Waals surface area contributed by atoms with Crippen LogP contribution in [0, 0.1) is 17.0 Å². The maximum Gasteiger partial charge on any atom is 0.129 e. The predicted octanol–water partition coefficient (Wildman–Crippen LogP) is 1.75. The van der Waals surface area contributed by atoms with E-state index in [2.05, 4.69) is 5.32 Å². The molecule has 1 aliphatic carbocycles. The molecule has 3 nitrogen and oxygen atoms in total. The van der Waals surface area contributed by atoms with Gasteiger partial charge in [0, 0.05) is 23.6 Å². The minimum atomic E-state index is -1.11. The van der Waals surface area contributed by atoms with E-state index in [0.29, 0.717) is 6.42 Å². The molecule has 1 saturated carbocycles. The van der Waals surface area contributed by atoms with Crippen molar-refractivity contribution in [2.24, 2.45) is 5.41 Å².